The second kappa shape index (κ2) is 7.14. The largest absolute Gasteiger partial charge is 0.381 e. The smallest absolute Gasteiger partial charge is 0.220 e. The fraction of sp³-hybridized carbons (Fsp3) is 0.737. The number of hydrogen-bond donors (Lipinski definition) is 1. The first-order valence-corrected chi connectivity index (χ1v) is 10.1. The van der Waals surface area contributed by atoms with Gasteiger partial charge in [0.05, 0.1) is 13.2 Å². The molecule has 4 nitrogen and oxygen atoms in total. The van der Waals surface area contributed by atoms with Gasteiger partial charge in [-0.3, -0.25) is 9.69 Å². The number of fused-ring (bicyclic) bond motifs is 1. The normalized spacial score (nSPS) is 30.3. The van der Waals surface area contributed by atoms with Crippen molar-refractivity contribution in [2.45, 2.75) is 32.7 Å². The van der Waals surface area contributed by atoms with Crippen LogP contribution in [0, 0.1) is 30.6 Å². The van der Waals surface area contributed by atoms with E-state index in [9.17, 15) is 4.79 Å². The molecule has 0 radical (unpaired) electrons. The Kier molecular flexibility index (Phi) is 4.93. The molecule has 0 unspecified atom stereocenters. The van der Waals surface area contributed by atoms with Crippen LogP contribution in [0.3, 0.4) is 0 Å². The Bertz CT molecular complexity index is 584. The second-order valence-electron chi connectivity index (χ2n) is 7.88. The Balaban J connectivity index is 1.31. The lowest BCUT2D eigenvalue weighted by Gasteiger charge is -2.32. The fourth-order valence-electron chi connectivity index (χ4n) is 4.21. The maximum atomic E-state index is 12.2. The van der Waals surface area contributed by atoms with E-state index in [-0.39, 0.29) is 5.91 Å². The molecule has 1 saturated carbocycles. The molecule has 5 heteroatoms. The fourth-order valence-corrected chi connectivity index (χ4v) is 5.15. The first-order valence-electron chi connectivity index (χ1n) is 9.29. The zero-order valence-corrected chi connectivity index (χ0v) is 15.3. The molecule has 132 valence electrons. The molecule has 24 heavy (non-hydrogen) atoms. The molecule has 1 amide bonds. The SMILES string of the molecule is Cc1ccc(CN2C[C@@H]3COC[C@@H](CC(=O)NCC4CC4)[C@@H]3C2)s1. The minimum absolute atomic E-state index is 0.225. The third-order valence-corrected chi connectivity index (χ3v) is 6.73. The third-order valence-electron chi connectivity index (χ3n) is 5.74. The summed E-state index contributed by atoms with van der Waals surface area (Å²) in [6.45, 7) is 7.95. The van der Waals surface area contributed by atoms with Crippen LogP contribution < -0.4 is 5.32 Å². The van der Waals surface area contributed by atoms with Crippen LogP contribution in [0.1, 0.15) is 29.0 Å². The summed E-state index contributed by atoms with van der Waals surface area (Å²) < 4.78 is 5.83. The Hall–Kier alpha value is -0.910. The molecular formula is C19H28N2O2S. The van der Waals surface area contributed by atoms with Gasteiger partial charge in [-0.2, -0.15) is 0 Å². The van der Waals surface area contributed by atoms with Crippen molar-refractivity contribution in [3.05, 3.63) is 21.9 Å². The van der Waals surface area contributed by atoms with E-state index in [0.717, 1.165) is 45.3 Å². The Morgan fingerprint density at radius 2 is 2.21 bits per heavy atom. The van der Waals surface area contributed by atoms with Crippen molar-refractivity contribution >= 4 is 17.2 Å². The molecule has 4 rings (SSSR count). The number of rotatable bonds is 6. The lowest BCUT2D eigenvalue weighted by Crippen LogP contribution is -2.38. The van der Waals surface area contributed by atoms with Gasteiger partial charge in [-0.1, -0.05) is 0 Å². The van der Waals surface area contributed by atoms with E-state index in [1.807, 2.05) is 11.3 Å². The van der Waals surface area contributed by atoms with Crippen LogP contribution in [0.5, 0.6) is 0 Å². The van der Waals surface area contributed by atoms with E-state index in [1.165, 1.54) is 22.6 Å². The molecule has 2 aliphatic heterocycles. The number of hydrogen-bond acceptors (Lipinski definition) is 4. The third kappa shape index (κ3) is 4.01. The number of nitrogens with one attached hydrogen (secondary N) is 1. The molecule has 2 saturated heterocycles. The molecule has 1 aromatic heterocycles. The molecule has 1 aromatic rings. The highest BCUT2D eigenvalue weighted by molar-refractivity contribution is 7.11. The number of carbonyl (C=O) groups excluding carboxylic acids is 1. The van der Waals surface area contributed by atoms with Crippen LogP contribution in [0.15, 0.2) is 12.1 Å². The summed E-state index contributed by atoms with van der Waals surface area (Å²) in [6.07, 6.45) is 3.21. The molecule has 3 fully saturated rings. The van der Waals surface area contributed by atoms with Crippen LogP contribution in [0.4, 0.5) is 0 Å². The van der Waals surface area contributed by atoms with E-state index in [2.05, 4.69) is 29.3 Å². The lowest BCUT2D eigenvalue weighted by atomic mass is 9.81. The van der Waals surface area contributed by atoms with Gasteiger partial charge in [-0.15, -0.1) is 11.3 Å². The van der Waals surface area contributed by atoms with Crippen molar-refractivity contribution in [1.29, 1.82) is 0 Å². The molecule has 1 aliphatic carbocycles. The summed E-state index contributed by atoms with van der Waals surface area (Å²) in [6, 6.07) is 4.46. The van der Waals surface area contributed by atoms with Crippen molar-refractivity contribution < 1.29 is 9.53 Å². The van der Waals surface area contributed by atoms with Gasteiger partial charge in [0.2, 0.25) is 5.91 Å². The molecule has 3 heterocycles. The number of nitrogens with zero attached hydrogens (tertiary/aromatic N) is 1. The summed E-state index contributed by atoms with van der Waals surface area (Å²) >= 11 is 1.90. The summed E-state index contributed by atoms with van der Waals surface area (Å²) in [5, 5.41) is 3.12. The first-order chi connectivity index (χ1) is 11.7. The molecule has 1 N–H and O–H groups in total. The highest BCUT2D eigenvalue weighted by atomic mass is 32.1. The monoisotopic (exact) mass is 348 g/mol. The minimum Gasteiger partial charge on any atom is -0.381 e. The molecule has 0 spiro atoms. The van der Waals surface area contributed by atoms with E-state index in [1.54, 1.807) is 0 Å². The van der Waals surface area contributed by atoms with Crippen LogP contribution in [-0.2, 0) is 16.1 Å². The van der Waals surface area contributed by atoms with Crippen LogP contribution in [-0.4, -0.2) is 43.7 Å². The van der Waals surface area contributed by atoms with Gasteiger partial charge in [0.1, 0.15) is 0 Å². The van der Waals surface area contributed by atoms with E-state index in [4.69, 9.17) is 4.74 Å². The number of carbonyl (C=O) groups is 1. The quantitative estimate of drug-likeness (QED) is 0.859. The summed E-state index contributed by atoms with van der Waals surface area (Å²) in [4.78, 5) is 17.6. The number of amides is 1. The summed E-state index contributed by atoms with van der Waals surface area (Å²) in [5.41, 5.74) is 0. The lowest BCUT2D eigenvalue weighted by molar-refractivity contribution is -0.124. The minimum atomic E-state index is 0.225. The maximum absolute atomic E-state index is 12.2. The van der Waals surface area contributed by atoms with Crippen molar-refractivity contribution in [2.75, 3.05) is 32.8 Å². The van der Waals surface area contributed by atoms with Gasteiger partial charge < -0.3 is 10.1 Å². The zero-order chi connectivity index (χ0) is 16.5. The van der Waals surface area contributed by atoms with Crippen molar-refractivity contribution in [3.8, 4) is 0 Å². The molecule has 0 aromatic carbocycles. The van der Waals surface area contributed by atoms with Gasteiger partial charge in [0, 0.05) is 42.4 Å². The Labute approximate surface area is 148 Å². The second-order valence-corrected chi connectivity index (χ2v) is 9.25. The van der Waals surface area contributed by atoms with Crippen molar-refractivity contribution in [1.82, 2.24) is 10.2 Å². The Morgan fingerprint density at radius 1 is 1.33 bits per heavy atom. The highest BCUT2D eigenvalue weighted by Crippen LogP contribution is 2.37. The van der Waals surface area contributed by atoms with E-state index < -0.39 is 0 Å². The van der Waals surface area contributed by atoms with E-state index in [0.29, 0.717) is 24.2 Å². The average molecular weight is 349 g/mol. The topological polar surface area (TPSA) is 41.6 Å². The van der Waals surface area contributed by atoms with Gasteiger partial charge in [0.15, 0.2) is 0 Å². The standard InChI is InChI=1S/C19H28N2O2S/c1-13-2-5-17(24-13)9-21-8-16-12-23-11-15(18(16)10-21)6-19(22)20-7-14-3-4-14/h2,5,14-16,18H,3-4,6-12H2,1H3,(H,20,22)/t15-,16-,18+/m1/s1. The van der Waals surface area contributed by atoms with Crippen molar-refractivity contribution in [2.24, 2.45) is 23.7 Å². The maximum Gasteiger partial charge on any atom is 0.220 e. The summed E-state index contributed by atoms with van der Waals surface area (Å²) in [5.74, 6) is 2.58. The average Bonchev–Trinajstić information content (AvgIpc) is 3.16. The number of aryl methyl sites for hydroxylation is 1. The van der Waals surface area contributed by atoms with Crippen LogP contribution in [0.25, 0.3) is 0 Å². The molecule has 3 atom stereocenters. The highest BCUT2D eigenvalue weighted by Gasteiger charge is 2.41. The number of thiophene rings is 1. The first kappa shape index (κ1) is 16.6. The van der Waals surface area contributed by atoms with E-state index >= 15 is 0 Å². The van der Waals surface area contributed by atoms with Gasteiger partial charge in [0.25, 0.3) is 0 Å². The number of likely N-dealkylation sites (tertiary alicyclic amines) is 1. The van der Waals surface area contributed by atoms with Gasteiger partial charge in [-0.05, 0) is 55.6 Å². The van der Waals surface area contributed by atoms with Crippen LogP contribution >= 0.6 is 11.3 Å². The van der Waals surface area contributed by atoms with Crippen LogP contribution in [0.2, 0.25) is 0 Å². The predicted molar refractivity (Wildman–Crippen MR) is 96.0 cm³/mol. The molecule has 3 aliphatic rings. The van der Waals surface area contributed by atoms with Gasteiger partial charge >= 0.3 is 0 Å². The van der Waals surface area contributed by atoms with Gasteiger partial charge in [-0.25, -0.2) is 0 Å². The molecule has 0 bridgehead atoms. The Morgan fingerprint density at radius 3 is 2.96 bits per heavy atom. The van der Waals surface area contributed by atoms with Crippen molar-refractivity contribution in [3.63, 3.8) is 0 Å². The number of ether oxygens (including phenoxy) is 1. The molecular weight excluding hydrogens is 320 g/mol. The zero-order valence-electron chi connectivity index (χ0n) is 14.5. The summed E-state index contributed by atoms with van der Waals surface area (Å²) in [7, 11) is 0. The predicted octanol–water partition coefficient (Wildman–Crippen LogP) is 2.67.